The van der Waals surface area contributed by atoms with Crippen molar-refractivity contribution < 1.29 is 19.5 Å². The Labute approximate surface area is 111 Å². The number of carbonyl (C=O) groups is 3. The van der Waals surface area contributed by atoms with Gasteiger partial charge in [0, 0.05) is 12.0 Å². The minimum Gasteiger partial charge on any atom is -0.480 e. The number of rotatable bonds is 6. The van der Waals surface area contributed by atoms with Gasteiger partial charge in [0.25, 0.3) is 0 Å². The summed E-state index contributed by atoms with van der Waals surface area (Å²) in [5, 5.41) is 11.0. The lowest BCUT2D eigenvalue weighted by Gasteiger charge is -2.14. The summed E-state index contributed by atoms with van der Waals surface area (Å²) < 4.78 is 0. The average Bonchev–Trinajstić information content (AvgIpc) is 2.26. The summed E-state index contributed by atoms with van der Waals surface area (Å²) in [4.78, 5) is 33.4. The number of carbonyl (C=O) groups excluding carboxylic acids is 2. The SMILES string of the molecule is Cc1cc(C)c(C(=O)CC(NC=O)C(=O)O)c(C)c1. The first kappa shape index (κ1) is 14.9. The number of carboxylic acids is 1. The number of aryl methyl sites for hydroxylation is 3. The average molecular weight is 263 g/mol. The molecular weight excluding hydrogens is 246 g/mol. The van der Waals surface area contributed by atoms with Crippen LogP contribution in [0.25, 0.3) is 0 Å². The second kappa shape index (κ2) is 6.13. The molecule has 0 saturated heterocycles. The van der Waals surface area contributed by atoms with Crippen molar-refractivity contribution in [2.75, 3.05) is 0 Å². The van der Waals surface area contributed by atoms with Crippen molar-refractivity contribution in [2.24, 2.45) is 0 Å². The van der Waals surface area contributed by atoms with E-state index >= 15 is 0 Å². The van der Waals surface area contributed by atoms with Crippen molar-refractivity contribution in [3.63, 3.8) is 0 Å². The van der Waals surface area contributed by atoms with E-state index in [0.717, 1.165) is 16.7 Å². The molecule has 0 aromatic heterocycles. The Hall–Kier alpha value is -2.17. The van der Waals surface area contributed by atoms with E-state index in [-0.39, 0.29) is 12.2 Å². The Kier molecular flexibility index (Phi) is 4.80. The summed E-state index contributed by atoms with van der Waals surface area (Å²) in [6.45, 7) is 5.56. The molecule has 1 atom stereocenters. The molecule has 0 radical (unpaired) electrons. The van der Waals surface area contributed by atoms with E-state index in [1.54, 1.807) is 0 Å². The van der Waals surface area contributed by atoms with Crippen LogP contribution in [0.1, 0.15) is 33.5 Å². The Morgan fingerprint density at radius 3 is 2.21 bits per heavy atom. The number of amides is 1. The summed E-state index contributed by atoms with van der Waals surface area (Å²) >= 11 is 0. The maximum Gasteiger partial charge on any atom is 0.326 e. The standard InChI is InChI=1S/C14H17NO4/c1-8-4-9(2)13(10(3)5-8)12(17)6-11(14(18)19)15-7-16/h4-5,7,11H,6H2,1-3H3,(H,15,16)(H,18,19). The number of nitrogens with one attached hydrogen (secondary N) is 1. The molecule has 19 heavy (non-hydrogen) atoms. The van der Waals surface area contributed by atoms with Gasteiger partial charge < -0.3 is 10.4 Å². The van der Waals surface area contributed by atoms with Gasteiger partial charge in [-0.15, -0.1) is 0 Å². The zero-order valence-corrected chi connectivity index (χ0v) is 11.2. The number of aliphatic carboxylic acids is 1. The molecule has 1 aromatic rings. The lowest BCUT2D eigenvalue weighted by atomic mass is 9.93. The van der Waals surface area contributed by atoms with Gasteiger partial charge >= 0.3 is 5.97 Å². The molecule has 0 aliphatic rings. The molecule has 1 amide bonds. The molecule has 1 unspecified atom stereocenters. The highest BCUT2D eigenvalue weighted by molar-refractivity contribution is 6.01. The fraction of sp³-hybridized carbons (Fsp3) is 0.357. The normalized spacial score (nSPS) is 11.7. The number of hydrogen-bond acceptors (Lipinski definition) is 3. The zero-order valence-electron chi connectivity index (χ0n) is 11.2. The topological polar surface area (TPSA) is 83.5 Å². The monoisotopic (exact) mass is 263 g/mol. The van der Waals surface area contributed by atoms with Crippen LogP contribution < -0.4 is 5.32 Å². The fourth-order valence-electron chi connectivity index (χ4n) is 2.21. The molecule has 102 valence electrons. The Morgan fingerprint density at radius 2 is 1.79 bits per heavy atom. The highest BCUT2D eigenvalue weighted by Crippen LogP contribution is 2.18. The second-order valence-corrected chi connectivity index (χ2v) is 4.58. The van der Waals surface area contributed by atoms with E-state index in [1.165, 1.54) is 0 Å². The van der Waals surface area contributed by atoms with Crippen LogP contribution in [0.4, 0.5) is 0 Å². The molecule has 0 fully saturated rings. The summed E-state index contributed by atoms with van der Waals surface area (Å²) in [6, 6.07) is 2.57. The van der Waals surface area contributed by atoms with Crippen LogP contribution in [0.15, 0.2) is 12.1 Å². The molecule has 5 heteroatoms. The summed E-state index contributed by atoms with van der Waals surface area (Å²) in [7, 11) is 0. The van der Waals surface area contributed by atoms with Crippen molar-refractivity contribution in [1.82, 2.24) is 5.32 Å². The molecule has 0 bridgehead atoms. The van der Waals surface area contributed by atoms with Crippen LogP contribution in [0.2, 0.25) is 0 Å². The van der Waals surface area contributed by atoms with Gasteiger partial charge in [0.1, 0.15) is 6.04 Å². The van der Waals surface area contributed by atoms with Gasteiger partial charge in [-0.2, -0.15) is 0 Å². The zero-order chi connectivity index (χ0) is 14.6. The quantitative estimate of drug-likeness (QED) is 0.600. The molecule has 5 nitrogen and oxygen atoms in total. The molecule has 2 N–H and O–H groups in total. The third-order valence-electron chi connectivity index (χ3n) is 2.91. The Bertz CT molecular complexity index is 499. The molecular formula is C14H17NO4. The first-order chi connectivity index (χ1) is 8.86. The number of Topliss-reactive ketones (excluding diaryl/α,β-unsaturated/α-hetero) is 1. The van der Waals surface area contributed by atoms with Crippen molar-refractivity contribution in [3.05, 3.63) is 34.4 Å². The van der Waals surface area contributed by atoms with Crippen molar-refractivity contribution in [2.45, 2.75) is 33.2 Å². The van der Waals surface area contributed by atoms with Gasteiger partial charge in [-0.05, 0) is 31.9 Å². The molecule has 0 saturated carbocycles. The van der Waals surface area contributed by atoms with Gasteiger partial charge in [0.2, 0.25) is 6.41 Å². The van der Waals surface area contributed by atoms with Crippen LogP contribution in [-0.2, 0) is 9.59 Å². The third-order valence-corrected chi connectivity index (χ3v) is 2.91. The van der Waals surface area contributed by atoms with E-state index in [9.17, 15) is 14.4 Å². The Morgan fingerprint density at radius 1 is 1.26 bits per heavy atom. The summed E-state index contributed by atoms with van der Waals surface area (Å²) in [5.41, 5.74) is 3.22. The van der Waals surface area contributed by atoms with Crippen molar-refractivity contribution in [3.8, 4) is 0 Å². The van der Waals surface area contributed by atoms with Gasteiger partial charge in [-0.25, -0.2) is 4.79 Å². The molecule has 0 aliphatic carbocycles. The number of carboxylic acid groups (broad SMARTS) is 1. The van der Waals surface area contributed by atoms with E-state index in [2.05, 4.69) is 5.32 Å². The van der Waals surface area contributed by atoms with Crippen LogP contribution in [0, 0.1) is 20.8 Å². The maximum atomic E-state index is 12.2. The fourth-order valence-corrected chi connectivity index (χ4v) is 2.21. The highest BCUT2D eigenvalue weighted by Gasteiger charge is 2.23. The predicted octanol–water partition coefficient (Wildman–Crippen LogP) is 1.38. The lowest BCUT2D eigenvalue weighted by molar-refractivity contribution is -0.140. The van der Waals surface area contributed by atoms with Gasteiger partial charge in [-0.3, -0.25) is 9.59 Å². The van der Waals surface area contributed by atoms with E-state index in [4.69, 9.17) is 5.11 Å². The second-order valence-electron chi connectivity index (χ2n) is 4.58. The van der Waals surface area contributed by atoms with Crippen LogP contribution >= 0.6 is 0 Å². The van der Waals surface area contributed by atoms with Crippen LogP contribution in [0.3, 0.4) is 0 Å². The highest BCUT2D eigenvalue weighted by atomic mass is 16.4. The molecule has 1 rings (SSSR count). The van der Waals surface area contributed by atoms with Gasteiger partial charge in [0.05, 0.1) is 0 Å². The van der Waals surface area contributed by atoms with Gasteiger partial charge in [0.15, 0.2) is 5.78 Å². The van der Waals surface area contributed by atoms with Crippen LogP contribution in [0.5, 0.6) is 0 Å². The van der Waals surface area contributed by atoms with Crippen molar-refractivity contribution in [1.29, 1.82) is 0 Å². The molecule has 1 aromatic carbocycles. The first-order valence-corrected chi connectivity index (χ1v) is 5.90. The number of hydrogen-bond donors (Lipinski definition) is 2. The number of benzene rings is 1. The van der Waals surface area contributed by atoms with Gasteiger partial charge in [-0.1, -0.05) is 17.7 Å². The lowest BCUT2D eigenvalue weighted by Crippen LogP contribution is -2.37. The smallest absolute Gasteiger partial charge is 0.326 e. The summed E-state index contributed by atoms with van der Waals surface area (Å²) in [5.74, 6) is -1.50. The first-order valence-electron chi connectivity index (χ1n) is 5.90. The molecule has 0 aliphatic heterocycles. The van der Waals surface area contributed by atoms with Crippen molar-refractivity contribution >= 4 is 18.2 Å². The molecule has 0 spiro atoms. The third kappa shape index (κ3) is 3.64. The summed E-state index contributed by atoms with van der Waals surface area (Å²) in [6.07, 6.45) is 0.0414. The largest absolute Gasteiger partial charge is 0.480 e. The predicted molar refractivity (Wildman–Crippen MR) is 70.2 cm³/mol. The van der Waals surface area contributed by atoms with Crippen LogP contribution in [-0.4, -0.2) is 29.3 Å². The van der Waals surface area contributed by atoms with E-state index in [1.807, 2.05) is 32.9 Å². The van der Waals surface area contributed by atoms with E-state index < -0.39 is 12.0 Å². The minimum atomic E-state index is -1.22. The number of ketones is 1. The minimum absolute atomic E-state index is 0.251. The Balaban J connectivity index is 3.01. The molecule has 0 heterocycles. The maximum absolute atomic E-state index is 12.2. The van der Waals surface area contributed by atoms with E-state index in [0.29, 0.717) is 12.0 Å².